The lowest BCUT2D eigenvalue weighted by atomic mass is 10.0. The number of hydrogen-bond donors (Lipinski definition) is 0. The van der Waals surface area contributed by atoms with E-state index in [0.717, 1.165) is 12.0 Å². The number of carbonyl (C=O) groups is 1. The third-order valence-corrected chi connectivity index (χ3v) is 3.36. The van der Waals surface area contributed by atoms with E-state index in [1.807, 2.05) is 25.1 Å². The second kappa shape index (κ2) is 5.04. The highest BCUT2D eigenvalue weighted by molar-refractivity contribution is 5.94. The van der Waals surface area contributed by atoms with E-state index >= 15 is 0 Å². The van der Waals surface area contributed by atoms with Gasteiger partial charge in [0.05, 0.1) is 0 Å². The summed E-state index contributed by atoms with van der Waals surface area (Å²) in [5.74, 6) is -2.75. The Morgan fingerprint density at radius 1 is 1.33 bits per heavy atom. The molecule has 1 saturated heterocycles. The summed E-state index contributed by atoms with van der Waals surface area (Å²) in [6.45, 7) is 2.30. The van der Waals surface area contributed by atoms with Crippen molar-refractivity contribution in [2.75, 3.05) is 13.1 Å². The maximum atomic E-state index is 13.0. The van der Waals surface area contributed by atoms with Gasteiger partial charge in [0.2, 0.25) is 0 Å². The fraction of sp³-hybridized carbons (Fsp3) is 0.500. The first-order valence-corrected chi connectivity index (χ1v) is 6.28. The molecule has 1 aliphatic rings. The molecule has 0 saturated carbocycles. The highest BCUT2D eigenvalue weighted by Gasteiger charge is 2.35. The van der Waals surface area contributed by atoms with Crippen LogP contribution in [-0.4, -0.2) is 29.8 Å². The van der Waals surface area contributed by atoms with Crippen LogP contribution in [-0.2, 0) is 6.42 Å². The van der Waals surface area contributed by atoms with Crippen molar-refractivity contribution >= 4 is 5.91 Å². The molecule has 0 atom stereocenters. The van der Waals surface area contributed by atoms with Gasteiger partial charge in [0.1, 0.15) is 0 Å². The average molecular weight is 253 g/mol. The van der Waals surface area contributed by atoms with Gasteiger partial charge in [0.25, 0.3) is 11.8 Å². The zero-order valence-corrected chi connectivity index (χ0v) is 10.5. The van der Waals surface area contributed by atoms with Gasteiger partial charge in [-0.3, -0.25) is 4.79 Å². The lowest BCUT2D eigenvalue weighted by molar-refractivity contribution is -0.0494. The van der Waals surface area contributed by atoms with E-state index in [1.54, 1.807) is 6.07 Å². The average Bonchev–Trinajstić information content (AvgIpc) is 2.38. The SMILES string of the molecule is CCc1cccc(C(=O)N2CCC(F)(F)CC2)c1. The number of amides is 1. The normalized spacial score (nSPS) is 18.7. The van der Waals surface area contributed by atoms with Crippen LogP contribution in [0.25, 0.3) is 0 Å². The molecule has 4 heteroatoms. The van der Waals surface area contributed by atoms with Crippen molar-refractivity contribution in [3.8, 4) is 0 Å². The van der Waals surface area contributed by atoms with Crippen molar-refractivity contribution in [1.82, 2.24) is 4.90 Å². The maximum absolute atomic E-state index is 13.0. The van der Waals surface area contributed by atoms with Crippen LogP contribution >= 0.6 is 0 Å². The van der Waals surface area contributed by atoms with Gasteiger partial charge in [-0.2, -0.15) is 0 Å². The smallest absolute Gasteiger partial charge is 0.253 e. The van der Waals surface area contributed by atoms with Crippen LogP contribution < -0.4 is 0 Å². The minimum Gasteiger partial charge on any atom is -0.338 e. The first-order chi connectivity index (χ1) is 8.52. The van der Waals surface area contributed by atoms with Gasteiger partial charge < -0.3 is 4.90 Å². The zero-order chi connectivity index (χ0) is 13.2. The van der Waals surface area contributed by atoms with Crippen molar-refractivity contribution in [2.24, 2.45) is 0 Å². The summed E-state index contributed by atoms with van der Waals surface area (Å²) in [5.41, 5.74) is 1.68. The zero-order valence-electron chi connectivity index (χ0n) is 10.5. The molecule has 1 aliphatic heterocycles. The van der Waals surface area contributed by atoms with E-state index in [-0.39, 0.29) is 31.8 Å². The first-order valence-electron chi connectivity index (χ1n) is 6.28. The largest absolute Gasteiger partial charge is 0.338 e. The Bertz CT molecular complexity index is 435. The van der Waals surface area contributed by atoms with Gasteiger partial charge in [-0.1, -0.05) is 19.1 Å². The summed E-state index contributed by atoms with van der Waals surface area (Å²) >= 11 is 0. The van der Waals surface area contributed by atoms with Gasteiger partial charge in [0.15, 0.2) is 0 Å². The van der Waals surface area contributed by atoms with Crippen molar-refractivity contribution in [3.63, 3.8) is 0 Å². The molecule has 1 aromatic carbocycles. The molecule has 1 heterocycles. The molecule has 1 fully saturated rings. The number of rotatable bonds is 2. The lowest BCUT2D eigenvalue weighted by Crippen LogP contribution is -2.42. The maximum Gasteiger partial charge on any atom is 0.253 e. The molecule has 0 unspecified atom stereocenters. The summed E-state index contributed by atoms with van der Waals surface area (Å²) in [6.07, 6.45) is 0.400. The molecule has 1 amide bonds. The van der Waals surface area contributed by atoms with Crippen LogP contribution in [0.2, 0.25) is 0 Å². The van der Waals surface area contributed by atoms with E-state index in [1.165, 1.54) is 4.90 Å². The Labute approximate surface area is 106 Å². The highest BCUT2D eigenvalue weighted by Crippen LogP contribution is 2.28. The molecule has 18 heavy (non-hydrogen) atoms. The second-order valence-corrected chi connectivity index (χ2v) is 4.70. The molecule has 0 N–H and O–H groups in total. The van der Waals surface area contributed by atoms with Gasteiger partial charge in [0, 0.05) is 31.5 Å². The number of likely N-dealkylation sites (tertiary alicyclic amines) is 1. The summed E-state index contributed by atoms with van der Waals surface area (Å²) in [5, 5.41) is 0. The highest BCUT2D eigenvalue weighted by atomic mass is 19.3. The van der Waals surface area contributed by atoms with Crippen LogP contribution in [0.5, 0.6) is 0 Å². The number of alkyl halides is 2. The number of hydrogen-bond acceptors (Lipinski definition) is 1. The predicted octanol–water partition coefficient (Wildman–Crippen LogP) is 3.12. The van der Waals surface area contributed by atoms with E-state index < -0.39 is 5.92 Å². The van der Waals surface area contributed by atoms with E-state index in [9.17, 15) is 13.6 Å². The quantitative estimate of drug-likeness (QED) is 0.793. The molecule has 2 rings (SSSR count). The van der Waals surface area contributed by atoms with Crippen molar-refractivity contribution in [3.05, 3.63) is 35.4 Å². The van der Waals surface area contributed by atoms with Gasteiger partial charge in [-0.25, -0.2) is 8.78 Å². The third-order valence-electron chi connectivity index (χ3n) is 3.36. The number of aryl methyl sites for hydroxylation is 1. The minimum absolute atomic E-state index is 0.138. The Morgan fingerprint density at radius 2 is 2.00 bits per heavy atom. The molecule has 0 radical (unpaired) electrons. The first kappa shape index (κ1) is 13.0. The van der Waals surface area contributed by atoms with Gasteiger partial charge in [-0.05, 0) is 24.1 Å². The van der Waals surface area contributed by atoms with Crippen LogP contribution in [0.4, 0.5) is 8.78 Å². The molecule has 98 valence electrons. The molecule has 2 nitrogen and oxygen atoms in total. The van der Waals surface area contributed by atoms with E-state index in [4.69, 9.17) is 0 Å². The van der Waals surface area contributed by atoms with Crippen LogP contribution in [0, 0.1) is 0 Å². The fourth-order valence-electron chi connectivity index (χ4n) is 2.14. The topological polar surface area (TPSA) is 20.3 Å². The summed E-state index contributed by atoms with van der Waals surface area (Å²) in [4.78, 5) is 13.7. The number of carbonyl (C=O) groups excluding carboxylic acids is 1. The number of nitrogens with zero attached hydrogens (tertiary/aromatic N) is 1. The van der Waals surface area contributed by atoms with Gasteiger partial charge in [-0.15, -0.1) is 0 Å². The number of piperidine rings is 1. The summed E-state index contributed by atoms with van der Waals surface area (Å²) in [6, 6.07) is 7.38. The minimum atomic E-state index is -2.61. The lowest BCUT2D eigenvalue weighted by Gasteiger charge is -2.31. The molecule has 0 spiro atoms. The molecule has 0 bridgehead atoms. The molecular weight excluding hydrogens is 236 g/mol. The Kier molecular flexibility index (Phi) is 3.64. The predicted molar refractivity (Wildman–Crippen MR) is 65.9 cm³/mol. The van der Waals surface area contributed by atoms with E-state index in [0.29, 0.717) is 5.56 Å². The van der Waals surface area contributed by atoms with Crippen LogP contribution in [0.15, 0.2) is 24.3 Å². The standard InChI is InChI=1S/C14H17F2NO/c1-2-11-4-3-5-12(10-11)13(18)17-8-6-14(15,16)7-9-17/h3-5,10H,2,6-9H2,1H3. The van der Waals surface area contributed by atoms with Crippen molar-refractivity contribution in [2.45, 2.75) is 32.1 Å². The van der Waals surface area contributed by atoms with Crippen molar-refractivity contribution in [1.29, 1.82) is 0 Å². The molecule has 0 aliphatic carbocycles. The van der Waals surface area contributed by atoms with E-state index in [2.05, 4.69) is 0 Å². The Balaban J connectivity index is 2.07. The molecular formula is C14H17F2NO. The Hall–Kier alpha value is -1.45. The summed E-state index contributed by atoms with van der Waals surface area (Å²) < 4.78 is 26.0. The van der Waals surface area contributed by atoms with Gasteiger partial charge >= 0.3 is 0 Å². The van der Waals surface area contributed by atoms with Crippen molar-refractivity contribution < 1.29 is 13.6 Å². The Morgan fingerprint density at radius 3 is 2.61 bits per heavy atom. The second-order valence-electron chi connectivity index (χ2n) is 4.70. The third kappa shape index (κ3) is 2.86. The molecule has 1 aromatic rings. The fourth-order valence-corrected chi connectivity index (χ4v) is 2.14. The number of benzene rings is 1. The monoisotopic (exact) mass is 253 g/mol. The number of halogens is 2. The van der Waals surface area contributed by atoms with Crippen LogP contribution in [0.1, 0.15) is 35.7 Å². The molecule has 0 aromatic heterocycles. The van der Waals surface area contributed by atoms with Crippen LogP contribution in [0.3, 0.4) is 0 Å². The summed E-state index contributed by atoms with van der Waals surface area (Å²) in [7, 11) is 0.